The lowest BCUT2D eigenvalue weighted by Crippen LogP contribution is -2.15. The average molecular weight is 353 g/mol. The maximum absolute atomic E-state index is 12.9. The summed E-state index contributed by atoms with van der Waals surface area (Å²) in [6.45, 7) is 1.84. The standard InChI is InChI=1S/C20H19NO3S/c1-15-12-13-19(24-2)20(14-15)25(22,23)21-18-11-7-6-10-17(18)16-8-4-3-5-9-16/h3-14,21H,1-2H3. The molecule has 0 radical (unpaired) electrons. The molecular weight excluding hydrogens is 334 g/mol. The first-order valence-electron chi connectivity index (χ1n) is 7.83. The zero-order chi connectivity index (χ0) is 17.9. The number of hydrogen-bond acceptors (Lipinski definition) is 3. The van der Waals surface area contributed by atoms with E-state index in [1.165, 1.54) is 7.11 Å². The minimum absolute atomic E-state index is 0.123. The number of ether oxygens (including phenoxy) is 1. The summed E-state index contributed by atoms with van der Waals surface area (Å²) in [4.78, 5) is 0.123. The third kappa shape index (κ3) is 3.67. The Morgan fingerprint density at radius 3 is 2.28 bits per heavy atom. The number of rotatable bonds is 5. The van der Waals surface area contributed by atoms with Gasteiger partial charge in [-0.2, -0.15) is 0 Å². The molecular formula is C20H19NO3S. The van der Waals surface area contributed by atoms with Gasteiger partial charge in [0, 0.05) is 5.56 Å². The number of anilines is 1. The molecule has 0 atom stereocenters. The van der Waals surface area contributed by atoms with Crippen molar-refractivity contribution < 1.29 is 13.2 Å². The van der Waals surface area contributed by atoms with Crippen molar-refractivity contribution in [1.29, 1.82) is 0 Å². The molecule has 3 aromatic rings. The second kappa shape index (κ2) is 6.99. The van der Waals surface area contributed by atoms with Crippen molar-refractivity contribution in [2.45, 2.75) is 11.8 Å². The van der Waals surface area contributed by atoms with Crippen LogP contribution in [-0.4, -0.2) is 15.5 Å². The second-order valence-electron chi connectivity index (χ2n) is 5.67. The van der Waals surface area contributed by atoms with Crippen LogP contribution in [0.2, 0.25) is 0 Å². The summed E-state index contributed by atoms with van der Waals surface area (Å²) < 4.78 is 33.8. The van der Waals surface area contributed by atoms with Gasteiger partial charge in [-0.1, -0.05) is 54.6 Å². The van der Waals surface area contributed by atoms with E-state index in [-0.39, 0.29) is 4.90 Å². The van der Waals surface area contributed by atoms with Crippen LogP contribution in [0.15, 0.2) is 77.7 Å². The van der Waals surface area contributed by atoms with Crippen molar-refractivity contribution in [2.75, 3.05) is 11.8 Å². The number of sulfonamides is 1. The molecule has 0 aromatic heterocycles. The molecule has 0 saturated heterocycles. The van der Waals surface area contributed by atoms with E-state index in [1.807, 2.05) is 55.5 Å². The third-order valence-corrected chi connectivity index (χ3v) is 5.25. The summed E-state index contributed by atoms with van der Waals surface area (Å²) in [6.07, 6.45) is 0. The van der Waals surface area contributed by atoms with Gasteiger partial charge in [0.25, 0.3) is 10.0 Å². The molecule has 0 heterocycles. The molecule has 3 aromatic carbocycles. The molecule has 128 valence electrons. The van der Waals surface area contributed by atoms with Crippen LogP contribution in [0.1, 0.15) is 5.56 Å². The minimum atomic E-state index is -3.78. The summed E-state index contributed by atoms with van der Waals surface area (Å²) in [5.41, 5.74) is 3.13. The average Bonchev–Trinajstić information content (AvgIpc) is 2.62. The van der Waals surface area contributed by atoms with Gasteiger partial charge in [-0.15, -0.1) is 0 Å². The summed E-state index contributed by atoms with van der Waals surface area (Å²) in [7, 11) is -2.32. The highest BCUT2D eigenvalue weighted by Crippen LogP contribution is 2.31. The molecule has 0 amide bonds. The number of benzene rings is 3. The molecule has 0 bridgehead atoms. The Morgan fingerprint density at radius 1 is 0.880 bits per heavy atom. The van der Waals surface area contributed by atoms with E-state index < -0.39 is 10.0 Å². The summed E-state index contributed by atoms with van der Waals surface area (Å²) in [6, 6.07) is 22.1. The van der Waals surface area contributed by atoms with E-state index in [0.29, 0.717) is 11.4 Å². The van der Waals surface area contributed by atoms with Gasteiger partial charge in [-0.05, 0) is 36.2 Å². The molecule has 4 nitrogen and oxygen atoms in total. The van der Waals surface area contributed by atoms with Crippen molar-refractivity contribution >= 4 is 15.7 Å². The smallest absolute Gasteiger partial charge is 0.265 e. The lowest BCUT2D eigenvalue weighted by Gasteiger charge is -2.15. The number of nitrogens with one attached hydrogen (secondary N) is 1. The van der Waals surface area contributed by atoms with Gasteiger partial charge in [0.2, 0.25) is 0 Å². The van der Waals surface area contributed by atoms with E-state index in [4.69, 9.17) is 4.74 Å². The highest BCUT2D eigenvalue weighted by atomic mass is 32.2. The van der Waals surface area contributed by atoms with Crippen molar-refractivity contribution in [3.8, 4) is 16.9 Å². The molecule has 3 rings (SSSR count). The maximum atomic E-state index is 12.9. The first-order chi connectivity index (χ1) is 12.0. The molecule has 0 unspecified atom stereocenters. The van der Waals surface area contributed by atoms with Gasteiger partial charge in [-0.3, -0.25) is 4.72 Å². The van der Waals surface area contributed by atoms with Crippen molar-refractivity contribution in [2.24, 2.45) is 0 Å². The molecule has 5 heteroatoms. The van der Waals surface area contributed by atoms with Crippen LogP contribution < -0.4 is 9.46 Å². The number of para-hydroxylation sites is 1. The Bertz CT molecular complexity index is 983. The molecule has 1 N–H and O–H groups in total. The van der Waals surface area contributed by atoms with E-state index in [9.17, 15) is 8.42 Å². The molecule has 0 spiro atoms. The van der Waals surface area contributed by atoms with Gasteiger partial charge in [0.1, 0.15) is 10.6 Å². The molecule has 0 aliphatic heterocycles. The highest BCUT2D eigenvalue weighted by Gasteiger charge is 2.21. The van der Waals surface area contributed by atoms with E-state index in [2.05, 4.69) is 4.72 Å². The fourth-order valence-electron chi connectivity index (χ4n) is 2.64. The predicted molar refractivity (Wildman–Crippen MR) is 100 cm³/mol. The van der Waals surface area contributed by atoms with Gasteiger partial charge >= 0.3 is 0 Å². The van der Waals surface area contributed by atoms with Crippen molar-refractivity contribution in [3.05, 3.63) is 78.4 Å². The zero-order valence-electron chi connectivity index (χ0n) is 14.1. The van der Waals surface area contributed by atoms with E-state index in [0.717, 1.165) is 16.7 Å². The summed E-state index contributed by atoms with van der Waals surface area (Å²) in [5, 5.41) is 0. The van der Waals surface area contributed by atoms with Gasteiger partial charge in [0.15, 0.2) is 0 Å². The highest BCUT2D eigenvalue weighted by molar-refractivity contribution is 7.92. The number of methoxy groups -OCH3 is 1. The quantitative estimate of drug-likeness (QED) is 0.736. The first kappa shape index (κ1) is 17.0. The van der Waals surface area contributed by atoms with Crippen LogP contribution >= 0.6 is 0 Å². The topological polar surface area (TPSA) is 55.4 Å². The second-order valence-corrected chi connectivity index (χ2v) is 7.32. The van der Waals surface area contributed by atoms with Gasteiger partial charge in [0.05, 0.1) is 12.8 Å². The van der Waals surface area contributed by atoms with Gasteiger partial charge < -0.3 is 4.74 Å². The summed E-state index contributed by atoms with van der Waals surface area (Å²) >= 11 is 0. The maximum Gasteiger partial charge on any atom is 0.265 e. The van der Waals surface area contributed by atoms with Crippen LogP contribution in [-0.2, 0) is 10.0 Å². The minimum Gasteiger partial charge on any atom is -0.495 e. The Labute approximate surface area is 148 Å². The Morgan fingerprint density at radius 2 is 1.56 bits per heavy atom. The monoisotopic (exact) mass is 353 g/mol. The predicted octanol–water partition coefficient (Wildman–Crippen LogP) is 4.47. The molecule has 0 aliphatic carbocycles. The zero-order valence-corrected chi connectivity index (χ0v) is 14.9. The van der Waals surface area contributed by atoms with E-state index in [1.54, 1.807) is 24.3 Å². The van der Waals surface area contributed by atoms with Crippen LogP contribution in [0, 0.1) is 6.92 Å². The van der Waals surface area contributed by atoms with Crippen molar-refractivity contribution in [1.82, 2.24) is 0 Å². The molecule has 25 heavy (non-hydrogen) atoms. The largest absolute Gasteiger partial charge is 0.495 e. The van der Waals surface area contributed by atoms with Gasteiger partial charge in [-0.25, -0.2) is 8.42 Å². The Kier molecular flexibility index (Phi) is 4.76. The lowest BCUT2D eigenvalue weighted by molar-refractivity contribution is 0.402. The van der Waals surface area contributed by atoms with E-state index >= 15 is 0 Å². The first-order valence-corrected chi connectivity index (χ1v) is 9.31. The van der Waals surface area contributed by atoms with Crippen LogP contribution in [0.3, 0.4) is 0 Å². The third-order valence-electron chi connectivity index (χ3n) is 3.86. The molecule has 0 fully saturated rings. The van der Waals surface area contributed by atoms with Crippen LogP contribution in [0.5, 0.6) is 5.75 Å². The molecule has 0 saturated carbocycles. The summed E-state index contributed by atoms with van der Waals surface area (Å²) in [5.74, 6) is 0.315. The fraction of sp³-hybridized carbons (Fsp3) is 0.100. The Balaban J connectivity index is 2.05. The SMILES string of the molecule is COc1ccc(C)cc1S(=O)(=O)Nc1ccccc1-c1ccccc1. The molecule has 0 aliphatic rings. The Hall–Kier alpha value is -2.79. The normalized spacial score (nSPS) is 11.1. The number of aryl methyl sites for hydroxylation is 1. The fourth-order valence-corrected chi connectivity index (χ4v) is 3.97. The lowest BCUT2D eigenvalue weighted by atomic mass is 10.0. The number of hydrogen-bond donors (Lipinski definition) is 1. The van der Waals surface area contributed by atoms with Crippen LogP contribution in [0.25, 0.3) is 11.1 Å². The van der Waals surface area contributed by atoms with Crippen molar-refractivity contribution in [3.63, 3.8) is 0 Å². The van der Waals surface area contributed by atoms with Crippen LogP contribution in [0.4, 0.5) is 5.69 Å².